The normalized spacial score (nSPS) is 26.9. The lowest BCUT2D eigenvalue weighted by Gasteiger charge is -2.67. The Kier molecular flexibility index (Phi) is 16.8. The van der Waals surface area contributed by atoms with Crippen molar-refractivity contribution in [1.29, 1.82) is 0 Å². The number of esters is 3. The lowest BCUT2D eigenvalue weighted by molar-refractivity contribution is -0.345. The van der Waals surface area contributed by atoms with E-state index in [-0.39, 0.29) is 60.0 Å². The molecule has 4 aliphatic rings. The maximum atomic E-state index is 15.6. The van der Waals surface area contributed by atoms with Crippen LogP contribution in [0.5, 0.6) is 11.5 Å². The zero-order valence-corrected chi connectivity index (χ0v) is 46.7. The largest absolute Gasteiger partial charge is 0.507 e. The molecule has 1 saturated heterocycles. The van der Waals surface area contributed by atoms with Gasteiger partial charge in [-0.2, -0.15) is 0 Å². The number of nitrogens with zero attached hydrogens (tertiary/aromatic N) is 2. The molecule has 2 unspecified atom stereocenters. The van der Waals surface area contributed by atoms with Crippen molar-refractivity contribution < 1.29 is 72.9 Å². The summed E-state index contributed by atoms with van der Waals surface area (Å²) >= 11 is 0. The fourth-order valence-electron chi connectivity index (χ4n) is 12.7. The second-order valence-corrected chi connectivity index (χ2v) is 22.3. The second kappa shape index (κ2) is 23.6. The summed E-state index contributed by atoms with van der Waals surface area (Å²) in [4.78, 5) is 96.0. The Balaban J connectivity index is 1.08. The highest BCUT2D eigenvalue weighted by Gasteiger charge is 2.77. The number of fused-ring (bicyclic) bond motifs is 5. The molecule has 0 aromatic heterocycles. The van der Waals surface area contributed by atoms with E-state index in [1.165, 1.54) is 62.7 Å². The van der Waals surface area contributed by atoms with Crippen LogP contribution in [-0.4, -0.2) is 130 Å². The van der Waals surface area contributed by atoms with Crippen LogP contribution in [0.3, 0.4) is 0 Å². The highest BCUT2D eigenvalue weighted by molar-refractivity contribution is 5.96. The molecule has 9 rings (SSSR count). The molecule has 5 aromatic carbocycles. The van der Waals surface area contributed by atoms with Gasteiger partial charge in [-0.25, -0.2) is 14.4 Å². The number of anilines is 2. The zero-order chi connectivity index (χ0) is 59.6. The van der Waals surface area contributed by atoms with Crippen LogP contribution < -0.4 is 16.4 Å². The van der Waals surface area contributed by atoms with Gasteiger partial charge in [-0.15, -0.1) is 0 Å². The first-order valence-corrected chi connectivity index (χ1v) is 27.2. The van der Waals surface area contributed by atoms with Crippen LogP contribution >= 0.6 is 0 Å². The first-order valence-electron chi connectivity index (χ1n) is 27.2. The molecule has 2 bridgehead atoms. The predicted molar refractivity (Wildman–Crippen MR) is 305 cm³/mol. The number of amides is 2. The van der Waals surface area contributed by atoms with Gasteiger partial charge in [0.15, 0.2) is 5.60 Å². The monoisotopic (exact) mass is 1130 g/mol. The third-order valence-electron chi connectivity index (χ3n) is 16.9. The van der Waals surface area contributed by atoms with Crippen molar-refractivity contribution in [3.8, 4) is 11.5 Å². The van der Waals surface area contributed by atoms with E-state index in [0.717, 1.165) is 0 Å². The van der Waals surface area contributed by atoms with E-state index in [1.807, 2.05) is 0 Å². The van der Waals surface area contributed by atoms with Crippen LogP contribution in [0.2, 0.25) is 0 Å². The summed E-state index contributed by atoms with van der Waals surface area (Å²) in [7, 11) is 0. The summed E-state index contributed by atoms with van der Waals surface area (Å²) in [5.74, 6) is -6.82. The van der Waals surface area contributed by atoms with Gasteiger partial charge < -0.3 is 55.2 Å². The standard InChI is InChI=1S/C63H67N5O15/c1-35-47(31-63(78)55(82-57(75)40-20-14-9-15-21-40)53-61(6,54(73)36(2)50(35)60(63,4)5)48(72)30-49-62(53,34-79-49)83-37(3)69)80-58(76)52(51(38-16-10-7-11-17-38)68-56(74)39-18-12-8-13-19-39)81-59(77)67-44-23-25-46(71)42(29-44)33-66-27-26-65-32-41-28-43(64)22-24-45(41)70/h7-25,28-29,32-33,36,47-49,51-53,55,70-72,78H,26-27,30-31,34,64H2,1-6H3,(H,67,77)(H,68,74)/t36?,47-,48-,49+,51-,52+,53?,55-,61+,62-,63+/m0/s1. The third-order valence-corrected chi connectivity index (χ3v) is 16.9. The summed E-state index contributed by atoms with van der Waals surface area (Å²) < 4.78 is 31.2. The van der Waals surface area contributed by atoms with E-state index in [4.69, 9.17) is 29.4 Å². The minimum absolute atomic E-state index is 0.00485. The number of hydrogen-bond acceptors (Lipinski definition) is 18. The lowest BCUT2D eigenvalue weighted by Crippen LogP contribution is -2.81. The number of nitrogens with one attached hydrogen (secondary N) is 2. The molecule has 0 spiro atoms. The van der Waals surface area contributed by atoms with Crippen molar-refractivity contribution >= 4 is 59.5 Å². The number of nitrogens with two attached hydrogens (primary N) is 1. The van der Waals surface area contributed by atoms with Gasteiger partial charge in [-0.3, -0.25) is 29.7 Å². The van der Waals surface area contributed by atoms with Crippen LogP contribution in [0.4, 0.5) is 16.2 Å². The molecule has 0 radical (unpaired) electrons. The highest BCUT2D eigenvalue weighted by atomic mass is 16.6. The van der Waals surface area contributed by atoms with Gasteiger partial charge in [-0.05, 0) is 91.2 Å². The maximum Gasteiger partial charge on any atom is 0.412 e. The summed E-state index contributed by atoms with van der Waals surface area (Å²) in [5, 5.41) is 52.6. The first kappa shape index (κ1) is 58.9. The molecule has 11 atom stereocenters. The molecule has 3 fully saturated rings. The molecule has 2 saturated carbocycles. The van der Waals surface area contributed by atoms with Gasteiger partial charge in [0.25, 0.3) is 5.91 Å². The minimum Gasteiger partial charge on any atom is -0.507 e. The summed E-state index contributed by atoms with van der Waals surface area (Å²) in [6.45, 7) is 9.44. The Labute approximate surface area is 479 Å². The van der Waals surface area contributed by atoms with E-state index >= 15 is 9.59 Å². The number of ether oxygens (including phenoxy) is 5. The fraction of sp³-hybridized carbons (Fsp3) is 0.365. The number of Topliss-reactive ketones (excluding diaryl/α,β-unsaturated/α-hetero) is 1. The number of phenolic OH excluding ortho intramolecular Hbond substituents is 2. The summed E-state index contributed by atoms with van der Waals surface area (Å²) in [6.07, 6.45) is -6.73. The number of hydrogen-bond donors (Lipinski definition) is 7. The SMILES string of the molecule is CC(=O)O[C@@]12CO[C@@H]1C[C@H](O)[C@@]1(C)C(=O)C(C)C3=C(C)[C@@H](OC(=O)[C@H](OC(=O)Nc4ccc(O)c(C=NCCN=Cc5cc(N)ccc5O)c4)[C@@H](NC(=O)c4ccccc4)c4ccccc4)C[C@@](O)([C@@H](OC(=O)c4ccccc4)C12)C3(C)C. The zero-order valence-electron chi connectivity index (χ0n) is 46.7. The van der Waals surface area contributed by atoms with Crippen LogP contribution in [0, 0.1) is 22.7 Å². The van der Waals surface area contributed by atoms with Crippen molar-refractivity contribution in [2.24, 2.45) is 32.7 Å². The predicted octanol–water partition coefficient (Wildman–Crippen LogP) is 7.23. The first-order chi connectivity index (χ1) is 39.5. The average Bonchev–Trinajstić information content (AvgIpc) is 0.748. The van der Waals surface area contributed by atoms with Crippen molar-refractivity contribution in [3.63, 3.8) is 0 Å². The molecule has 3 aliphatic carbocycles. The van der Waals surface area contributed by atoms with E-state index in [9.17, 15) is 39.6 Å². The molecule has 1 aliphatic heterocycles. The van der Waals surface area contributed by atoms with Crippen LogP contribution in [-0.2, 0) is 38.1 Å². The van der Waals surface area contributed by atoms with Gasteiger partial charge in [0.1, 0.15) is 47.2 Å². The number of carbonyl (C=O) groups is 6. The molecule has 5 aromatic rings. The van der Waals surface area contributed by atoms with Gasteiger partial charge in [0, 0.05) is 71.6 Å². The smallest absolute Gasteiger partial charge is 0.412 e. The lowest BCUT2D eigenvalue weighted by atomic mass is 9.43. The molecule has 2 amide bonds. The van der Waals surface area contributed by atoms with Gasteiger partial charge in [-0.1, -0.05) is 87.5 Å². The van der Waals surface area contributed by atoms with E-state index in [1.54, 1.807) is 119 Å². The number of aromatic hydroxyl groups is 2. The van der Waals surface area contributed by atoms with Crippen molar-refractivity contribution in [2.45, 2.75) is 102 Å². The summed E-state index contributed by atoms with van der Waals surface area (Å²) in [5.41, 5.74) is 0.816. The Hall–Kier alpha value is -8.72. The minimum atomic E-state index is -2.33. The number of aliphatic hydroxyl groups is 2. The topological polar surface area (TPSA) is 304 Å². The van der Waals surface area contributed by atoms with E-state index in [2.05, 4.69) is 20.6 Å². The Morgan fingerprint density at radius 3 is 2.01 bits per heavy atom. The van der Waals surface area contributed by atoms with E-state index < -0.39 is 113 Å². The number of phenols is 2. The number of aliphatic imine (C=N–C) groups is 2. The Morgan fingerprint density at radius 1 is 0.819 bits per heavy atom. The third kappa shape index (κ3) is 11.3. The van der Waals surface area contributed by atoms with Crippen LogP contribution in [0.25, 0.3) is 0 Å². The average molecular weight is 1130 g/mol. The van der Waals surface area contributed by atoms with E-state index in [0.29, 0.717) is 28.0 Å². The maximum absolute atomic E-state index is 15.6. The fourth-order valence-corrected chi connectivity index (χ4v) is 12.7. The molecule has 83 heavy (non-hydrogen) atoms. The van der Waals surface area contributed by atoms with Crippen molar-refractivity contribution in [1.82, 2.24) is 5.32 Å². The molecule has 20 nitrogen and oxygen atoms in total. The number of rotatable bonds is 16. The second-order valence-electron chi connectivity index (χ2n) is 22.3. The van der Waals surface area contributed by atoms with Crippen LogP contribution in [0.1, 0.15) is 97.8 Å². The molecule has 1 heterocycles. The number of nitrogen functional groups attached to an aromatic ring is 1. The summed E-state index contributed by atoms with van der Waals surface area (Å²) in [6, 6.07) is 31.5. The molecular formula is C63H67N5O15. The number of ketones is 1. The van der Waals surface area contributed by atoms with Crippen molar-refractivity contribution in [2.75, 3.05) is 30.7 Å². The van der Waals surface area contributed by atoms with Gasteiger partial charge >= 0.3 is 24.0 Å². The number of carbonyl (C=O) groups excluding carboxylic acids is 6. The quantitative estimate of drug-likeness (QED) is 0.00975. The Bertz CT molecular complexity index is 3390. The molecule has 434 valence electrons. The van der Waals surface area contributed by atoms with Crippen molar-refractivity contribution in [3.05, 3.63) is 166 Å². The molecule has 8 N–H and O–H groups in total. The molecular weight excluding hydrogens is 1070 g/mol. The highest BCUT2D eigenvalue weighted by Crippen LogP contribution is 2.65. The Morgan fingerprint density at radius 2 is 1.41 bits per heavy atom. The van der Waals surface area contributed by atoms with Gasteiger partial charge in [0.2, 0.25) is 6.10 Å². The molecule has 20 heteroatoms. The number of aliphatic hydroxyl groups excluding tert-OH is 1. The van der Waals surface area contributed by atoms with Crippen LogP contribution in [0.15, 0.2) is 149 Å². The number of benzene rings is 5. The van der Waals surface area contributed by atoms with Gasteiger partial charge in [0.05, 0.1) is 42.7 Å².